The van der Waals surface area contributed by atoms with Gasteiger partial charge >= 0.3 is 0 Å². The van der Waals surface area contributed by atoms with Crippen LogP contribution in [-0.2, 0) is 10.8 Å². The third-order valence-corrected chi connectivity index (χ3v) is 2.20. The van der Waals surface area contributed by atoms with Gasteiger partial charge in [-0.2, -0.15) is 0 Å². The molecule has 0 amide bonds. The van der Waals surface area contributed by atoms with Gasteiger partial charge in [-0.1, -0.05) is 31.0 Å². The summed E-state index contributed by atoms with van der Waals surface area (Å²) in [5, 5.41) is 2.67. The Balaban J connectivity index is 2.74. The van der Waals surface area contributed by atoms with Crippen LogP contribution in [0.1, 0.15) is 12.5 Å². The molecule has 1 unspecified atom stereocenters. The first-order chi connectivity index (χ1) is 5.83. The zero-order valence-electron chi connectivity index (χ0n) is 6.91. The highest BCUT2D eigenvalue weighted by Crippen LogP contribution is 1.94. The molecule has 1 aromatic rings. The van der Waals surface area contributed by atoms with E-state index in [4.69, 9.17) is 0 Å². The smallest absolute Gasteiger partial charge is 0.0975 e. The summed E-state index contributed by atoms with van der Waals surface area (Å²) in [6, 6.07) is 9.57. The monoisotopic (exact) mass is 178 g/mol. The molecular weight excluding hydrogens is 168 g/mol. The van der Waals surface area contributed by atoms with Gasteiger partial charge < -0.3 is 0 Å². The SMILES string of the molecule is CCS(=O)C#Cc1ccccc1. The lowest BCUT2D eigenvalue weighted by Gasteiger charge is -1.85. The Bertz CT molecular complexity index is 319. The number of hydrogen-bond donors (Lipinski definition) is 0. The lowest BCUT2D eigenvalue weighted by molar-refractivity contribution is 0.690. The zero-order valence-corrected chi connectivity index (χ0v) is 7.73. The van der Waals surface area contributed by atoms with E-state index >= 15 is 0 Å². The van der Waals surface area contributed by atoms with Crippen LogP contribution in [-0.4, -0.2) is 9.96 Å². The molecule has 0 aliphatic rings. The second-order valence-corrected chi connectivity index (χ2v) is 3.70. The molecule has 0 aliphatic heterocycles. The third kappa shape index (κ3) is 2.89. The molecule has 0 N–H and O–H groups in total. The summed E-state index contributed by atoms with van der Waals surface area (Å²) in [4.78, 5) is 0. The maximum absolute atomic E-state index is 10.9. The Morgan fingerprint density at radius 1 is 1.33 bits per heavy atom. The average Bonchev–Trinajstić information content (AvgIpc) is 2.16. The first-order valence-electron chi connectivity index (χ1n) is 3.78. The lowest BCUT2D eigenvalue weighted by Crippen LogP contribution is -1.86. The van der Waals surface area contributed by atoms with Crippen LogP contribution in [0.4, 0.5) is 0 Å². The normalized spacial score (nSPS) is 11.4. The summed E-state index contributed by atoms with van der Waals surface area (Å²) in [7, 11) is -0.989. The molecule has 0 fully saturated rings. The van der Waals surface area contributed by atoms with Crippen LogP contribution >= 0.6 is 0 Å². The van der Waals surface area contributed by atoms with Crippen LogP contribution in [0, 0.1) is 11.2 Å². The van der Waals surface area contributed by atoms with Crippen molar-refractivity contribution in [2.24, 2.45) is 0 Å². The van der Waals surface area contributed by atoms with Crippen molar-refractivity contribution in [3.63, 3.8) is 0 Å². The van der Waals surface area contributed by atoms with Gasteiger partial charge in [0, 0.05) is 16.6 Å². The fourth-order valence-corrected chi connectivity index (χ4v) is 1.09. The Morgan fingerprint density at radius 3 is 2.58 bits per heavy atom. The standard InChI is InChI=1S/C10H10OS/c1-2-12(11)9-8-10-6-4-3-5-7-10/h3-7H,2H2,1H3. The highest BCUT2D eigenvalue weighted by atomic mass is 32.2. The molecule has 1 aromatic carbocycles. The van der Waals surface area contributed by atoms with Gasteiger partial charge in [0.05, 0.1) is 10.8 Å². The van der Waals surface area contributed by atoms with E-state index in [0.717, 1.165) is 5.56 Å². The minimum Gasteiger partial charge on any atom is -0.246 e. The maximum Gasteiger partial charge on any atom is 0.0975 e. The van der Waals surface area contributed by atoms with Crippen LogP contribution in [0.3, 0.4) is 0 Å². The fraction of sp³-hybridized carbons (Fsp3) is 0.200. The van der Waals surface area contributed by atoms with Crippen molar-refractivity contribution in [2.75, 3.05) is 5.75 Å². The van der Waals surface area contributed by atoms with Gasteiger partial charge in [0.2, 0.25) is 0 Å². The molecule has 0 spiro atoms. The summed E-state index contributed by atoms with van der Waals surface area (Å²) < 4.78 is 10.9. The molecule has 2 heteroatoms. The van der Waals surface area contributed by atoms with Crippen molar-refractivity contribution < 1.29 is 4.21 Å². The van der Waals surface area contributed by atoms with E-state index in [1.165, 1.54) is 0 Å². The van der Waals surface area contributed by atoms with Crippen LogP contribution in [0.15, 0.2) is 30.3 Å². The Labute approximate surface area is 75.3 Å². The summed E-state index contributed by atoms with van der Waals surface area (Å²) in [6.45, 7) is 1.86. The van der Waals surface area contributed by atoms with Crippen molar-refractivity contribution >= 4 is 10.8 Å². The lowest BCUT2D eigenvalue weighted by atomic mass is 10.2. The molecule has 62 valence electrons. The van der Waals surface area contributed by atoms with E-state index in [1.54, 1.807) is 0 Å². The molecule has 0 bridgehead atoms. The quantitative estimate of drug-likeness (QED) is 0.599. The molecule has 1 atom stereocenters. The van der Waals surface area contributed by atoms with Gasteiger partial charge in [-0.25, -0.2) is 4.21 Å². The summed E-state index contributed by atoms with van der Waals surface area (Å²) >= 11 is 0. The van der Waals surface area contributed by atoms with E-state index in [2.05, 4.69) is 11.2 Å². The van der Waals surface area contributed by atoms with Crippen molar-refractivity contribution in [2.45, 2.75) is 6.92 Å². The van der Waals surface area contributed by atoms with E-state index in [0.29, 0.717) is 5.75 Å². The van der Waals surface area contributed by atoms with Gasteiger partial charge in [-0.3, -0.25) is 0 Å². The molecule has 1 rings (SSSR count). The second kappa shape index (κ2) is 4.74. The molecule has 0 aliphatic carbocycles. The van der Waals surface area contributed by atoms with Crippen LogP contribution in [0.5, 0.6) is 0 Å². The van der Waals surface area contributed by atoms with E-state index < -0.39 is 10.8 Å². The number of rotatable bonds is 1. The Kier molecular flexibility index (Phi) is 3.56. The highest BCUT2D eigenvalue weighted by Gasteiger charge is 1.85. The number of hydrogen-bond acceptors (Lipinski definition) is 1. The second-order valence-electron chi connectivity index (χ2n) is 2.23. The molecular formula is C10H10OS. The van der Waals surface area contributed by atoms with E-state index in [9.17, 15) is 4.21 Å². The van der Waals surface area contributed by atoms with Crippen molar-refractivity contribution in [1.82, 2.24) is 0 Å². The zero-order chi connectivity index (χ0) is 8.81. The largest absolute Gasteiger partial charge is 0.246 e. The van der Waals surface area contributed by atoms with E-state index in [1.807, 2.05) is 37.3 Å². The molecule has 12 heavy (non-hydrogen) atoms. The Hall–Kier alpha value is -1.07. The van der Waals surface area contributed by atoms with Crippen LogP contribution < -0.4 is 0 Å². The summed E-state index contributed by atoms with van der Waals surface area (Å²) in [5.41, 5.74) is 0.916. The maximum atomic E-state index is 10.9. The minimum atomic E-state index is -0.989. The van der Waals surface area contributed by atoms with Gasteiger partial charge in [-0.05, 0) is 12.1 Å². The minimum absolute atomic E-state index is 0.597. The first kappa shape index (κ1) is 9.02. The third-order valence-electron chi connectivity index (χ3n) is 1.35. The molecule has 0 heterocycles. The topological polar surface area (TPSA) is 17.1 Å². The van der Waals surface area contributed by atoms with Gasteiger partial charge in [-0.15, -0.1) is 0 Å². The first-order valence-corrected chi connectivity index (χ1v) is 5.10. The van der Waals surface area contributed by atoms with Gasteiger partial charge in [0.25, 0.3) is 0 Å². The van der Waals surface area contributed by atoms with Gasteiger partial charge in [0.1, 0.15) is 0 Å². The number of benzene rings is 1. The average molecular weight is 178 g/mol. The van der Waals surface area contributed by atoms with Crippen LogP contribution in [0.25, 0.3) is 0 Å². The summed E-state index contributed by atoms with van der Waals surface area (Å²) in [5.74, 6) is 3.44. The van der Waals surface area contributed by atoms with Crippen molar-refractivity contribution in [1.29, 1.82) is 0 Å². The van der Waals surface area contributed by atoms with E-state index in [-0.39, 0.29) is 0 Å². The van der Waals surface area contributed by atoms with Gasteiger partial charge in [0.15, 0.2) is 0 Å². The molecule has 0 saturated heterocycles. The molecule has 1 nitrogen and oxygen atoms in total. The summed E-state index contributed by atoms with van der Waals surface area (Å²) in [6.07, 6.45) is 0. The molecule has 0 aromatic heterocycles. The fourth-order valence-electron chi connectivity index (χ4n) is 0.709. The predicted octanol–water partition coefficient (Wildman–Crippen LogP) is 1.76. The molecule has 0 radical (unpaired) electrons. The van der Waals surface area contributed by atoms with Crippen LogP contribution in [0.2, 0.25) is 0 Å². The highest BCUT2D eigenvalue weighted by molar-refractivity contribution is 7.89. The van der Waals surface area contributed by atoms with Crippen molar-refractivity contribution in [3.05, 3.63) is 35.9 Å². The predicted molar refractivity (Wildman–Crippen MR) is 52.0 cm³/mol. The molecule has 0 saturated carbocycles. The van der Waals surface area contributed by atoms with Crippen molar-refractivity contribution in [3.8, 4) is 11.2 Å². The Morgan fingerprint density at radius 2 is 2.00 bits per heavy atom.